The van der Waals surface area contributed by atoms with Crippen LogP contribution in [0.2, 0.25) is 5.02 Å². The maximum Gasteiger partial charge on any atom is 0.319 e. The van der Waals surface area contributed by atoms with Gasteiger partial charge in [-0.2, -0.15) is 0 Å². The fourth-order valence-corrected chi connectivity index (χ4v) is 4.89. The van der Waals surface area contributed by atoms with Crippen LogP contribution in [0.1, 0.15) is 25.7 Å². The number of carbonyl (C=O) groups is 1. The van der Waals surface area contributed by atoms with E-state index in [2.05, 4.69) is 37.5 Å². The minimum Gasteiger partial charge on any atom is -0.493 e. The molecule has 202 valence electrons. The Labute approximate surface area is 231 Å². The summed E-state index contributed by atoms with van der Waals surface area (Å²) in [5.41, 5.74) is 3.08. The lowest BCUT2D eigenvalue weighted by atomic mass is 9.98. The number of hydrogen-bond donors (Lipinski definition) is 3. The van der Waals surface area contributed by atoms with Gasteiger partial charge in [0.1, 0.15) is 23.5 Å². The number of piperidine rings is 1. The Hall–Kier alpha value is -3.82. The summed E-state index contributed by atoms with van der Waals surface area (Å²) in [7, 11) is 2.17. The average molecular weight is 547 g/mol. The molecule has 4 aromatic rings. The molecule has 0 atom stereocenters. The Morgan fingerprint density at radius 3 is 2.56 bits per heavy atom. The van der Waals surface area contributed by atoms with E-state index in [0.717, 1.165) is 54.9 Å². The minimum absolute atomic E-state index is 0.262. The predicted molar refractivity (Wildman–Crippen MR) is 152 cm³/mol. The highest BCUT2D eigenvalue weighted by Gasteiger charge is 2.23. The van der Waals surface area contributed by atoms with E-state index in [-0.39, 0.29) is 12.1 Å². The van der Waals surface area contributed by atoms with E-state index in [9.17, 15) is 4.79 Å². The summed E-state index contributed by atoms with van der Waals surface area (Å²) in [6, 6.07) is 15.1. The summed E-state index contributed by atoms with van der Waals surface area (Å²) < 4.78 is 12.1. The first-order valence-electron chi connectivity index (χ1n) is 13.3. The molecule has 0 radical (unpaired) electrons. The zero-order valence-electron chi connectivity index (χ0n) is 21.7. The quantitative estimate of drug-likeness (QED) is 0.247. The number of nitrogens with zero attached hydrogens (tertiary/aromatic N) is 3. The Morgan fingerprint density at radius 2 is 1.82 bits per heavy atom. The van der Waals surface area contributed by atoms with Crippen molar-refractivity contribution in [2.75, 3.05) is 32.1 Å². The maximum absolute atomic E-state index is 12.0. The lowest BCUT2D eigenvalue weighted by Gasteiger charge is -2.28. The fourth-order valence-electron chi connectivity index (χ4n) is 4.67. The molecule has 0 spiro atoms. The van der Waals surface area contributed by atoms with E-state index in [1.54, 1.807) is 18.2 Å². The third kappa shape index (κ3) is 6.26. The molecule has 3 N–H and O–H groups in total. The average Bonchev–Trinajstić information content (AvgIpc) is 3.64. The van der Waals surface area contributed by atoms with Gasteiger partial charge in [0.05, 0.1) is 22.7 Å². The number of fused-ring (bicyclic) bond motifs is 1. The fraction of sp³-hybridized carbons (Fsp3) is 0.345. The van der Waals surface area contributed by atoms with E-state index in [1.807, 2.05) is 30.3 Å². The number of likely N-dealkylation sites (tertiary alicyclic amines) is 1. The second kappa shape index (κ2) is 11.1. The first-order valence-corrected chi connectivity index (χ1v) is 13.7. The molecule has 2 aromatic carbocycles. The number of anilines is 1. The number of benzene rings is 2. The standard InChI is InChI=1S/C29H31ClN6O3/c1-36-12-10-18(11-13-36)16-38-21-6-2-19(3-7-21)26-15-23-27(34-26)31-17-32-28(23)39-22-8-9-25(24(30)14-22)35-29(37)33-20-4-5-20/h2-3,6-9,14-15,17-18,20H,4-5,10-13,16H2,1H3,(H,31,32,34)(H2,33,35,37). The molecule has 9 nitrogen and oxygen atoms in total. The number of nitrogens with one attached hydrogen (secondary N) is 3. The second-order valence-corrected chi connectivity index (χ2v) is 10.7. The molecular weight excluding hydrogens is 516 g/mol. The number of carbonyl (C=O) groups excluding carboxylic acids is 1. The van der Waals surface area contributed by atoms with Gasteiger partial charge in [-0.05, 0) is 99.8 Å². The van der Waals surface area contributed by atoms with Gasteiger partial charge in [-0.15, -0.1) is 0 Å². The lowest BCUT2D eigenvalue weighted by molar-refractivity contribution is 0.160. The molecule has 10 heteroatoms. The Bertz CT molecular complexity index is 1460. The second-order valence-electron chi connectivity index (χ2n) is 10.3. The molecule has 1 saturated heterocycles. The van der Waals surface area contributed by atoms with Gasteiger partial charge in [0.25, 0.3) is 0 Å². The van der Waals surface area contributed by atoms with Crippen LogP contribution in [0.4, 0.5) is 10.5 Å². The van der Waals surface area contributed by atoms with Gasteiger partial charge in [-0.3, -0.25) is 0 Å². The summed E-state index contributed by atoms with van der Waals surface area (Å²) >= 11 is 6.41. The molecule has 2 aromatic heterocycles. The van der Waals surface area contributed by atoms with Crippen molar-refractivity contribution in [1.29, 1.82) is 0 Å². The van der Waals surface area contributed by atoms with Crippen LogP contribution in [0.5, 0.6) is 17.4 Å². The van der Waals surface area contributed by atoms with Crippen LogP contribution < -0.4 is 20.1 Å². The number of urea groups is 1. The molecule has 1 saturated carbocycles. The molecule has 2 amide bonds. The zero-order chi connectivity index (χ0) is 26.8. The van der Waals surface area contributed by atoms with Crippen molar-refractivity contribution in [3.05, 3.63) is 59.9 Å². The van der Waals surface area contributed by atoms with E-state index >= 15 is 0 Å². The summed E-state index contributed by atoms with van der Waals surface area (Å²) in [4.78, 5) is 26.5. The molecule has 2 fully saturated rings. The van der Waals surface area contributed by atoms with E-state index in [4.69, 9.17) is 21.1 Å². The SMILES string of the molecule is CN1CCC(COc2ccc(-c3cc4c(Oc5ccc(NC(=O)NC6CC6)c(Cl)c5)ncnc4[nH]3)cc2)CC1. The van der Waals surface area contributed by atoms with Crippen LogP contribution in [0.15, 0.2) is 54.9 Å². The summed E-state index contributed by atoms with van der Waals surface area (Å²) in [6.07, 6.45) is 5.85. The molecule has 1 aliphatic heterocycles. The Kier molecular flexibility index (Phi) is 7.26. The number of amides is 2. The smallest absolute Gasteiger partial charge is 0.319 e. The molecule has 39 heavy (non-hydrogen) atoms. The van der Waals surface area contributed by atoms with Crippen molar-refractivity contribution in [2.24, 2.45) is 5.92 Å². The first kappa shape index (κ1) is 25.5. The number of hydrogen-bond acceptors (Lipinski definition) is 6. The number of ether oxygens (including phenoxy) is 2. The molecule has 0 unspecified atom stereocenters. The number of rotatable bonds is 8. The highest BCUT2D eigenvalue weighted by molar-refractivity contribution is 6.33. The largest absolute Gasteiger partial charge is 0.493 e. The molecule has 2 aliphatic rings. The van der Waals surface area contributed by atoms with Gasteiger partial charge in [-0.25, -0.2) is 14.8 Å². The normalized spacial score (nSPS) is 16.3. The minimum atomic E-state index is -0.262. The van der Waals surface area contributed by atoms with Crippen LogP contribution >= 0.6 is 11.6 Å². The highest BCUT2D eigenvalue weighted by Crippen LogP contribution is 2.34. The van der Waals surface area contributed by atoms with Crippen molar-refractivity contribution in [3.8, 4) is 28.6 Å². The molecule has 6 rings (SSSR count). The highest BCUT2D eigenvalue weighted by atomic mass is 35.5. The van der Waals surface area contributed by atoms with E-state index in [1.165, 1.54) is 19.2 Å². The van der Waals surface area contributed by atoms with Crippen LogP contribution in [0.3, 0.4) is 0 Å². The van der Waals surface area contributed by atoms with E-state index in [0.29, 0.717) is 33.9 Å². The first-order chi connectivity index (χ1) is 19.0. The van der Waals surface area contributed by atoms with E-state index < -0.39 is 0 Å². The molecular formula is C29H31ClN6O3. The predicted octanol–water partition coefficient (Wildman–Crippen LogP) is 6.08. The van der Waals surface area contributed by atoms with Crippen LogP contribution in [-0.4, -0.2) is 58.7 Å². The van der Waals surface area contributed by atoms with Gasteiger partial charge in [-0.1, -0.05) is 11.6 Å². The van der Waals surface area contributed by atoms with Crippen molar-refractivity contribution in [1.82, 2.24) is 25.2 Å². The van der Waals surface area contributed by atoms with Gasteiger partial charge >= 0.3 is 6.03 Å². The topological polar surface area (TPSA) is 104 Å². The van der Waals surface area contributed by atoms with Crippen molar-refractivity contribution in [2.45, 2.75) is 31.7 Å². The van der Waals surface area contributed by atoms with Gasteiger partial charge in [0.15, 0.2) is 0 Å². The number of aromatic nitrogens is 3. The van der Waals surface area contributed by atoms with Gasteiger partial charge in [0, 0.05) is 17.8 Å². The molecule has 1 aliphatic carbocycles. The van der Waals surface area contributed by atoms with Crippen LogP contribution in [-0.2, 0) is 0 Å². The van der Waals surface area contributed by atoms with Gasteiger partial charge < -0.3 is 30.0 Å². The van der Waals surface area contributed by atoms with Crippen LogP contribution in [0, 0.1) is 5.92 Å². The monoisotopic (exact) mass is 546 g/mol. The maximum atomic E-state index is 12.0. The van der Waals surface area contributed by atoms with Crippen molar-refractivity contribution in [3.63, 3.8) is 0 Å². The van der Waals surface area contributed by atoms with Gasteiger partial charge in [0.2, 0.25) is 5.88 Å². The van der Waals surface area contributed by atoms with Crippen molar-refractivity contribution >= 4 is 34.4 Å². The van der Waals surface area contributed by atoms with Crippen molar-refractivity contribution < 1.29 is 14.3 Å². The lowest BCUT2D eigenvalue weighted by Crippen LogP contribution is -2.32. The molecule has 3 heterocycles. The zero-order valence-corrected chi connectivity index (χ0v) is 22.5. The summed E-state index contributed by atoms with van der Waals surface area (Å²) in [5.74, 6) is 2.39. The summed E-state index contributed by atoms with van der Waals surface area (Å²) in [6.45, 7) is 3.03. The number of halogens is 1. The summed E-state index contributed by atoms with van der Waals surface area (Å²) in [5, 5.41) is 6.77. The third-order valence-corrected chi connectivity index (χ3v) is 7.51. The Morgan fingerprint density at radius 1 is 1.05 bits per heavy atom. The Balaban J connectivity index is 1.12. The molecule has 0 bridgehead atoms. The number of H-pyrrole nitrogens is 1. The van der Waals surface area contributed by atoms with Crippen LogP contribution in [0.25, 0.3) is 22.3 Å². The third-order valence-electron chi connectivity index (χ3n) is 7.19. The number of aromatic amines is 1.